The van der Waals surface area contributed by atoms with Crippen LogP contribution < -0.4 is 14.8 Å². The second kappa shape index (κ2) is 6.53. The molecule has 1 aromatic carbocycles. The number of benzene rings is 1. The maximum Gasteiger partial charge on any atom is 0.123 e. The topological polar surface area (TPSA) is 30.5 Å². The van der Waals surface area contributed by atoms with Gasteiger partial charge in [-0.3, -0.25) is 0 Å². The lowest BCUT2D eigenvalue weighted by Crippen LogP contribution is -2.43. The molecule has 0 radical (unpaired) electrons. The fourth-order valence-corrected chi connectivity index (χ4v) is 3.41. The van der Waals surface area contributed by atoms with Gasteiger partial charge in [0.25, 0.3) is 0 Å². The monoisotopic (exact) mass is 281 g/mol. The van der Waals surface area contributed by atoms with E-state index in [1.54, 1.807) is 14.2 Å². The standard InChI is InChI=1S/C15H23NO2S/c1-17-13-5-6-14(18-2)12(9-13)10-16-11-15(19-3)7-4-8-15/h5-6,9,16H,4,7-8,10-11H2,1-3H3. The number of methoxy groups -OCH3 is 2. The van der Waals surface area contributed by atoms with Crippen molar-refractivity contribution >= 4 is 11.8 Å². The molecule has 0 aromatic heterocycles. The van der Waals surface area contributed by atoms with Crippen LogP contribution in [0.3, 0.4) is 0 Å². The highest BCUT2D eigenvalue weighted by molar-refractivity contribution is 8.00. The molecule has 3 nitrogen and oxygen atoms in total. The van der Waals surface area contributed by atoms with Crippen molar-refractivity contribution in [1.29, 1.82) is 0 Å². The van der Waals surface area contributed by atoms with E-state index in [0.29, 0.717) is 4.75 Å². The molecule has 1 aliphatic carbocycles. The van der Waals surface area contributed by atoms with Crippen molar-refractivity contribution in [2.24, 2.45) is 0 Å². The Labute approximate surface area is 120 Å². The largest absolute Gasteiger partial charge is 0.497 e. The maximum absolute atomic E-state index is 5.39. The first-order chi connectivity index (χ1) is 9.23. The van der Waals surface area contributed by atoms with E-state index < -0.39 is 0 Å². The van der Waals surface area contributed by atoms with E-state index in [0.717, 1.165) is 30.2 Å². The Hall–Kier alpha value is -0.870. The molecule has 0 saturated heterocycles. The second-order valence-corrected chi connectivity index (χ2v) is 6.30. The number of hydrogen-bond donors (Lipinski definition) is 1. The molecule has 0 unspecified atom stereocenters. The highest BCUT2D eigenvalue weighted by Crippen LogP contribution is 2.42. The number of ether oxygens (including phenoxy) is 2. The summed E-state index contributed by atoms with van der Waals surface area (Å²) < 4.78 is 11.1. The summed E-state index contributed by atoms with van der Waals surface area (Å²) in [6, 6.07) is 5.93. The first-order valence-corrected chi connectivity index (χ1v) is 7.92. The lowest BCUT2D eigenvalue weighted by molar-refractivity contribution is 0.343. The van der Waals surface area contributed by atoms with Crippen LogP contribution in [0.4, 0.5) is 0 Å². The van der Waals surface area contributed by atoms with Crippen LogP contribution in [0.25, 0.3) is 0 Å². The van der Waals surface area contributed by atoms with Crippen molar-refractivity contribution in [2.45, 2.75) is 30.6 Å². The van der Waals surface area contributed by atoms with Gasteiger partial charge in [0.15, 0.2) is 0 Å². The van der Waals surface area contributed by atoms with Gasteiger partial charge in [0.2, 0.25) is 0 Å². The summed E-state index contributed by atoms with van der Waals surface area (Å²) in [5, 5.41) is 3.57. The first-order valence-electron chi connectivity index (χ1n) is 6.70. The Morgan fingerprint density at radius 3 is 2.58 bits per heavy atom. The molecule has 1 aliphatic rings. The zero-order valence-corrected chi connectivity index (χ0v) is 12.8. The molecule has 1 fully saturated rings. The second-order valence-electron chi connectivity index (χ2n) is 5.02. The number of hydrogen-bond acceptors (Lipinski definition) is 4. The molecule has 0 amide bonds. The third-order valence-electron chi connectivity index (χ3n) is 3.95. The summed E-state index contributed by atoms with van der Waals surface area (Å²) in [4.78, 5) is 0. The minimum Gasteiger partial charge on any atom is -0.497 e. The zero-order chi connectivity index (χ0) is 13.7. The van der Waals surface area contributed by atoms with E-state index in [4.69, 9.17) is 9.47 Å². The van der Waals surface area contributed by atoms with Gasteiger partial charge in [-0.25, -0.2) is 0 Å². The summed E-state index contributed by atoms with van der Waals surface area (Å²) >= 11 is 1.99. The van der Waals surface area contributed by atoms with Crippen molar-refractivity contribution < 1.29 is 9.47 Å². The molecule has 106 valence electrons. The molecule has 0 atom stereocenters. The van der Waals surface area contributed by atoms with Gasteiger partial charge in [0.05, 0.1) is 14.2 Å². The van der Waals surface area contributed by atoms with E-state index >= 15 is 0 Å². The third-order valence-corrected chi connectivity index (χ3v) is 5.37. The molecular weight excluding hydrogens is 258 g/mol. The average Bonchev–Trinajstić information content (AvgIpc) is 2.41. The maximum atomic E-state index is 5.39. The Balaban J connectivity index is 1.94. The van der Waals surface area contributed by atoms with Crippen LogP contribution >= 0.6 is 11.8 Å². The van der Waals surface area contributed by atoms with Gasteiger partial charge < -0.3 is 14.8 Å². The lowest BCUT2D eigenvalue weighted by atomic mass is 9.84. The molecule has 1 N–H and O–H groups in total. The third kappa shape index (κ3) is 3.37. The highest BCUT2D eigenvalue weighted by Gasteiger charge is 2.35. The normalized spacial score (nSPS) is 16.8. The molecule has 0 aliphatic heterocycles. The first kappa shape index (κ1) is 14.5. The lowest BCUT2D eigenvalue weighted by Gasteiger charge is -2.40. The predicted octanol–water partition coefficient (Wildman–Crippen LogP) is 3.08. The van der Waals surface area contributed by atoms with E-state index in [1.165, 1.54) is 19.3 Å². The van der Waals surface area contributed by atoms with Crippen LogP contribution in [0.2, 0.25) is 0 Å². The number of rotatable bonds is 7. The van der Waals surface area contributed by atoms with Gasteiger partial charge >= 0.3 is 0 Å². The summed E-state index contributed by atoms with van der Waals surface area (Å²) in [6.07, 6.45) is 6.24. The van der Waals surface area contributed by atoms with Crippen molar-refractivity contribution in [1.82, 2.24) is 5.32 Å². The van der Waals surface area contributed by atoms with Crippen LogP contribution in [0.1, 0.15) is 24.8 Å². The van der Waals surface area contributed by atoms with Crippen molar-refractivity contribution in [3.05, 3.63) is 23.8 Å². The van der Waals surface area contributed by atoms with E-state index in [-0.39, 0.29) is 0 Å². The van der Waals surface area contributed by atoms with Crippen LogP contribution in [0.5, 0.6) is 11.5 Å². The molecule has 1 aromatic rings. The molecule has 0 spiro atoms. The molecule has 2 rings (SSSR count). The minimum absolute atomic E-state index is 0.464. The quantitative estimate of drug-likeness (QED) is 0.832. The highest BCUT2D eigenvalue weighted by atomic mass is 32.2. The van der Waals surface area contributed by atoms with Crippen LogP contribution in [-0.4, -0.2) is 31.8 Å². The van der Waals surface area contributed by atoms with Gasteiger partial charge in [0, 0.05) is 23.4 Å². The van der Waals surface area contributed by atoms with Gasteiger partial charge in [-0.05, 0) is 37.3 Å². The molecular formula is C15H23NO2S. The van der Waals surface area contributed by atoms with Gasteiger partial charge in [-0.15, -0.1) is 0 Å². The molecule has 0 bridgehead atoms. The van der Waals surface area contributed by atoms with Crippen molar-refractivity contribution in [2.75, 3.05) is 27.0 Å². The van der Waals surface area contributed by atoms with E-state index in [2.05, 4.69) is 11.6 Å². The summed E-state index contributed by atoms with van der Waals surface area (Å²) in [6.45, 7) is 1.89. The average molecular weight is 281 g/mol. The number of nitrogens with one attached hydrogen (secondary N) is 1. The van der Waals surface area contributed by atoms with E-state index in [9.17, 15) is 0 Å². The summed E-state index contributed by atoms with van der Waals surface area (Å²) in [5.41, 5.74) is 1.15. The minimum atomic E-state index is 0.464. The molecule has 19 heavy (non-hydrogen) atoms. The van der Waals surface area contributed by atoms with Gasteiger partial charge in [0.1, 0.15) is 11.5 Å². The van der Waals surface area contributed by atoms with Gasteiger partial charge in [-0.2, -0.15) is 11.8 Å². The van der Waals surface area contributed by atoms with Crippen LogP contribution in [-0.2, 0) is 6.54 Å². The summed E-state index contributed by atoms with van der Waals surface area (Å²) in [5.74, 6) is 1.79. The van der Waals surface area contributed by atoms with Crippen LogP contribution in [0, 0.1) is 0 Å². The van der Waals surface area contributed by atoms with Crippen LogP contribution in [0.15, 0.2) is 18.2 Å². The smallest absolute Gasteiger partial charge is 0.123 e. The zero-order valence-electron chi connectivity index (χ0n) is 12.0. The predicted molar refractivity (Wildman–Crippen MR) is 81.3 cm³/mol. The summed E-state index contributed by atoms with van der Waals surface area (Å²) in [7, 11) is 3.40. The fraction of sp³-hybridized carbons (Fsp3) is 0.600. The van der Waals surface area contributed by atoms with Crippen molar-refractivity contribution in [3.8, 4) is 11.5 Å². The van der Waals surface area contributed by atoms with Crippen molar-refractivity contribution in [3.63, 3.8) is 0 Å². The Kier molecular flexibility index (Phi) is 4.99. The van der Waals surface area contributed by atoms with Gasteiger partial charge in [-0.1, -0.05) is 6.42 Å². The molecule has 0 heterocycles. The Bertz CT molecular complexity index is 413. The number of thioether (sulfide) groups is 1. The Morgan fingerprint density at radius 1 is 1.26 bits per heavy atom. The fourth-order valence-electron chi connectivity index (χ4n) is 2.47. The molecule has 1 saturated carbocycles. The molecule has 4 heteroatoms. The SMILES string of the molecule is COc1ccc(OC)c(CNCC2(SC)CCC2)c1. The Morgan fingerprint density at radius 2 is 2.05 bits per heavy atom. The van der Waals surface area contributed by atoms with E-state index in [1.807, 2.05) is 30.0 Å².